The van der Waals surface area contributed by atoms with Crippen LogP contribution < -0.4 is 4.74 Å². The minimum atomic E-state index is 0.184. The van der Waals surface area contributed by atoms with Crippen molar-refractivity contribution in [2.24, 2.45) is 10.9 Å². The van der Waals surface area contributed by atoms with E-state index in [1.54, 1.807) is 7.11 Å². The van der Waals surface area contributed by atoms with E-state index < -0.39 is 0 Å². The minimum absolute atomic E-state index is 0.184. The van der Waals surface area contributed by atoms with Gasteiger partial charge in [0.15, 0.2) is 6.29 Å². The number of ether oxygens (including phenoxy) is 1. The van der Waals surface area contributed by atoms with Gasteiger partial charge in [-0.2, -0.15) is 0 Å². The van der Waals surface area contributed by atoms with Gasteiger partial charge in [-0.05, 0) is 60.2 Å². The lowest BCUT2D eigenvalue weighted by atomic mass is 9.78. The van der Waals surface area contributed by atoms with Gasteiger partial charge in [0, 0.05) is 16.1 Å². The standard InChI is InChI=1S/C26H23NO2S/c1-16-13-18(14-19(15-28)25(16)29-2)26-21-12-11-17-7-3-4-8-20(17)24(21)27-22-9-5-6-10-23(22)30-26/h3-10,13-15,21,26H,11-12H2,1-2H3. The van der Waals surface area contributed by atoms with Crippen molar-refractivity contribution in [2.75, 3.05) is 7.11 Å². The lowest BCUT2D eigenvalue weighted by molar-refractivity contribution is 0.112. The Morgan fingerprint density at radius 3 is 2.73 bits per heavy atom. The minimum Gasteiger partial charge on any atom is -0.496 e. The second kappa shape index (κ2) is 7.77. The molecule has 0 bridgehead atoms. The Labute approximate surface area is 181 Å². The summed E-state index contributed by atoms with van der Waals surface area (Å²) in [4.78, 5) is 18.1. The number of aldehydes is 1. The smallest absolute Gasteiger partial charge is 0.153 e. The number of carbonyl (C=O) groups is 1. The van der Waals surface area contributed by atoms with Crippen LogP contribution in [0.25, 0.3) is 0 Å². The highest BCUT2D eigenvalue weighted by molar-refractivity contribution is 7.99. The molecule has 1 aliphatic heterocycles. The Morgan fingerprint density at radius 1 is 1.10 bits per heavy atom. The molecule has 0 saturated heterocycles. The van der Waals surface area contributed by atoms with Crippen LogP contribution in [0, 0.1) is 12.8 Å². The van der Waals surface area contributed by atoms with Crippen molar-refractivity contribution in [3.05, 3.63) is 88.5 Å². The van der Waals surface area contributed by atoms with Gasteiger partial charge in [0.05, 0.1) is 24.1 Å². The monoisotopic (exact) mass is 413 g/mol. The van der Waals surface area contributed by atoms with Crippen molar-refractivity contribution < 1.29 is 9.53 Å². The fourth-order valence-electron chi connectivity index (χ4n) is 4.73. The van der Waals surface area contributed by atoms with Crippen LogP contribution in [0.1, 0.15) is 44.3 Å². The molecule has 3 aromatic carbocycles. The summed E-state index contributed by atoms with van der Waals surface area (Å²) < 4.78 is 5.48. The Kier molecular flexibility index (Phi) is 4.95. The van der Waals surface area contributed by atoms with Crippen LogP contribution in [0.5, 0.6) is 5.75 Å². The van der Waals surface area contributed by atoms with Crippen molar-refractivity contribution in [3.8, 4) is 5.75 Å². The number of thioether (sulfide) groups is 1. The Bertz CT molecular complexity index is 1170. The second-order valence-electron chi connectivity index (χ2n) is 7.88. The first kappa shape index (κ1) is 19.1. The maximum absolute atomic E-state index is 11.8. The van der Waals surface area contributed by atoms with Crippen LogP contribution in [-0.2, 0) is 6.42 Å². The number of para-hydroxylation sites is 1. The molecule has 5 rings (SSSR count). The number of rotatable bonds is 3. The van der Waals surface area contributed by atoms with E-state index in [2.05, 4.69) is 54.6 Å². The number of fused-ring (bicyclic) bond motifs is 4. The number of hydrogen-bond donors (Lipinski definition) is 0. The third-order valence-electron chi connectivity index (χ3n) is 6.08. The van der Waals surface area contributed by atoms with Gasteiger partial charge < -0.3 is 4.74 Å². The average molecular weight is 414 g/mol. The lowest BCUT2D eigenvalue weighted by Gasteiger charge is -2.32. The predicted octanol–water partition coefficient (Wildman–Crippen LogP) is 6.35. The molecule has 150 valence electrons. The quantitative estimate of drug-likeness (QED) is 0.470. The van der Waals surface area contributed by atoms with Crippen LogP contribution in [-0.4, -0.2) is 19.1 Å². The third kappa shape index (κ3) is 3.16. The summed E-state index contributed by atoms with van der Waals surface area (Å²) >= 11 is 1.86. The summed E-state index contributed by atoms with van der Waals surface area (Å²) in [5, 5.41) is 0.184. The summed E-state index contributed by atoms with van der Waals surface area (Å²) in [6.45, 7) is 2.01. The van der Waals surface area contributed by atoms with Gasteiger partial charge in [-0.1, -0.05) is 42.5 Å². The molecule has 3 aromatic rings. The molecule has 30 heavy (non-hydrogen) atoms. The van der Waals surface area contributed by atoms with E-state index in [-0.39, 0.29) is 11.2 Å². The van der Waals surface area contributed by atoms with Crippen molar-refractivity contribution in [1.82, 2.24) is 0 Å². The summed E-state index contributed by atoms with van der Waals surface area (Å²) in [5.41, 5.74) is 7.59. The van der Waals surface area contributed by atoms with Crippen molar-refractivity contribution in [1.29, 1.82) is 0 Å². The fourth-order valence-corrected chi connectivity index (χ4v) is 6.10. The largest absolute Gasteiger partial charge is 0.496 e. The molecular formula is C26H23NO2S. The van der Waals surface area contributed by atoms with Crippen LogP contribution in [0.2, 0.25) is 0 Å². The first-order chi connectivity index (χ1) is 14.7. The van der Waals surface area contributed by atoms with E-state index in [0.29, 0.717) is 11.3 Å². The second-order valence-corrected chi connectivity index (χ2v) is 9.07. The third-order valence-corrected chi connectivity index (χ3v) is 7.53. The van der Waals surface area contributed by atoms with E-state index in [0.717, 1.165) is 35.9 Å². The molecule has 0 amide bonds. The number of hydrogen-bond acceptors (Lipinski definition) is 4. The zero-order valence-electron chi connectivity index (χ0n) is 17.1. The molecule has 0 saturated carbocycles. The predicted molar refractivity (Wildman–Crippen MR) is 123 cm³/mol. The molecule has 0 fully saturated rings. The normalized spacial score (nSPS) is 19.6. The maximum Gasteiger partial charge on any atom is 0.153 e. The molecule has 2 unspecified atom stereocenters. The Balaban J connectivity index is 1.70. The first-order valence-corrected chi connectivity index (χ1v) is 11.1. The molecule has 2 aliphatic rings. The maximum atomic E-state index is 11.8. The summed E-state index contributed by atoms with van der Waals surface area (Å²) in [6, 6.07) is 21.2. The van der Waals surface area contributed by atoms with E-state index in [9.17, 15) is 4.79 Å². The highest BCUT2D eigenvalue weighted by Crippen LogP contribution is 2.51. The van der Waals surface area contributed by atoms with Crippen LogP contribution in [0.15, 0.2) is 70.6 Å². The number of aryl methyl sites for hydroxylation is 2. The molecule has 0 spiro atoms. The Morgan fingerprint density at radius 2 is 1.90 bits per heavy atom. The topological polar surface area (TPSA) is 38.7 Å². The molecule has 1 aliphatic carbocycles. The molecular weight excluding hydrogens is 390 g/mol. The summed E-state index contributed by atoms with van der Waals surface area (Å²) in [6.07, 6.45) is 2.99. The SMILES string of the molecule is COc1c(C)cc(C2Sc3ccccc3N=C3c4ccccc4CCC32)cc1C=O. The molecule has 0 N–H and O–H groups in total. The zero-order valence-corrected chi connectivity index (χ0v) is 17.9. The van der Waals surface area contributed by atoms with E-state index >= 15 is 0 Å². The van der Waals surface area contributed by atoms with Gasteiger partial charge in [-0.15, -0.1) is 11.8 Å². The van der Waals surface area contributed by atoms with Gasteiger partial charge in [-0.25, -0.2) is 0 Å². The van der Waals surface area contributed by atoms with Gasteiger partial charge in [-0.3, -0.25) is 9.79 Å². The number of nitrogens with zero attached hydrogens (tertiary/aromatic N) is 1. The number of benzene rings is 3. The number of carbonyl (C=O) groups excluding carboxylic acids is 1. The van der Waals surface area contributed by atoms with Crippen molar-refractivity contribution in [3.63, 3.8) is 0 Å². The van der Waals surface area contributed by atoms with E-state index in [1.165, 1.54) is 21.7 Å². The summed E-state index contributed by atoms with van der Waals surface area (Å²) in [5.74, 6) is 0.945. The van der Waals surface area contributed by atoms with Gasteiger partial charge in [0.2, 0.25) is 0 Å². The van der Waals surface area contributed by atoms with Crippen LogP contribution in [0.3, 0.4) is 0 Å². The zero-order chi connectivity index (χ0) is 20.7. The summed E-state index contributed by atoms with van der Waals surface area (Å²) in [7, 11) is 1.62. The molecule has 4 heteroatoms. The van der Waals surface area contributed by atoms with Crippen LogP contribution in [0.4, 0.5) is 5.69 Å². The molecule has 0 aromatic heterocycles. The van der Waals surface area contributed by atoms with E-state index in [1.807, 2.05) is 24.8 Å². The van der Waals surface area contributed by atoms with Gasteiger partial charge in [0.25, 0.3) is 0 Å². The van der Waals surface area contributed by atoms with Crippen molar-refractivity contribution >= 4 is 29.4 Å². The lowest BCUT2D eigenvalue weighted by Crippen LogP contribution is -2.27. The number of aliphatic imine (C=N–C) groups is 1. The van der Waals surface area contributed by atoms with Crippen LogP contribution >= 0.6 is 11.8 Å². The Hall–Kier alpha value is -2.85. The van der Waals surface area contributed by atoms with E-state index in [4.69, 9.17) is 9.73 Å². The molecule has 1 heterocycles. The van der Waals surface area contributed by atoms with Crippen molar-refractivity contribution in [2.45, 2.75) is 29.9 Å². The molecule has 0 radical (unpaired) electrons. The molecule has 2 atom stereocenters. The van der Waals surface area contributed by atoms with Gasteiger partial charge in [0.1, 0.15) is 5.75 Å². The number of methoxy groups -OCH3 is 1. The average Bonchev–Trinajstić information content (AvgIpc) is 2.95. The fraction of sp³-hybridized carbons (Fsp3) is 0.231. The van der Waals surface area contributed by atoms with Gasteiger partial charge >= 0.3 is 0 Å². The highest BCUT2D eigenvalue weighted by Gasteiger charge is 2.36. The molecule has 3 nitrogen and oxygen atoms in total. The first-order valence-electron chi connectivity index (χ1n) is 10.3. The highest BCUT2D eigenvalue weighted by atomic mass is 32.2.